The third-order valence-electron chi connectivity index (χ3n) is 5.17. The summed E-state index contributed by atoms with van der Waals surface area (Å²) in [4.78, 5) is 12.6. The monoisotopic (exact) mass is 458 g/mol. The second kappa shape index (κ2) is 10.8. The predicted molar refractivity (Wildman–Crippen MR) is 131 cm³/mol. The maximum atomic E-state index is 12.6. The quantitative estimate of drug-likeness (QED) is 0.353. The fourth-order valence-electron chi connectivity index (χ4n) is 3.42. The van der Waals surface area contributed by atoms with E-state index in [1.54, 1.807) is 0 Å². The van der Waals surface area contributed by atoms with Crippen molar-refractivity contribution in [3.05, 3.63) is 102 Å². The van der Waals surface area contributed by atoms with E-state index < -0.39 is 0 Å². The predicted octanol–water partition coefficient (Wildman–Crippen LogP) is 5.12. The van der Waals surface area contributed by atoms with Crippen molar-refractivity contribution in [2.45, 2.75) is 31.7 Å². The van der Waals surface area contributed by atoms with Gasteiger partial charge in [0.25, 0.3) is 0 Å². The summed E-state index contributed by atoms with van der Waals surface area (Å²) in [5.74, 6) is 1.66. The molecule has 0 aliphatic carbocycles. The molecular weight excluding hydrogens is 432 g/mol. The SMILES string of the molecule is Cc1ccccc1OCc1nnc(SCC(=O)NC(C)c2ccccc2)n1-c1ccccc1. The Labute approximate surface area is 198 Å². The van der Waals surface area contributed by atoms with E-state index >= 15 is 0 Å². The second-order valence-electron chi connectivity index (χ2n) is 7.61. The lowest BCUT2D eigenvalue weighted by atomic mass is 10.1. The van der Waals surface area contributed by atoms with Crippen LogP contribution in [-0.4, -0.2) is 26.4 Å². The van der Waals surface area contributed by atoms with Crippen molar-refractivity contribution in [3.63, 3.8) is 0 Å². The van der Waals surface area contributed by atoms with E-state index in [0.717, 1.165) is 22.6 Å². The molecule has 1 heterocycles. The lowest BCUT2D eigenvalue weighted by Crippen LogP contribution is -2.28. The highest BCUT2D eigenvalue weighted by Gasteiger charge is 2.17. The van der Waals surface area contributed by atoms with Gasteiger partial charge in [0.2, 0.25) is 5.91 Å². The van der Waals surface area contributed by atoms with Gasteiger partial charge in [0.15, 0.2) is 11.0 Å². The van der Waals surface area contributed by atoms with E-state index in [2.05, 4.69) is 15.5 Å². The van der Waals surface area contributed by atoms with Gasteiger partial charge in [0.1, 0.15) is 12.4 Å². The summed E-state index contributed by atoms with van der Waals surface area (Å²) in [5.41, 5.74) is 3.05. The van der Waals surface area contributed by atoms with Gasteiger partial charge in [-0.1, -0.05) is 78.5 Å². The Kier molecular flexibility index (Phi) is 7.42. The summed E-state index contributed by atoms with van der Waals surface area (Å²) in [5, 5.41) is 12.4. The molecule has 1 unspecified atom stereocenters. The number of thioether (sulfide) groups is 1. The molecule has 1 N–H and O–H groups in total. The maximum absolute atomic E-state index is 12.6. The summed E-state index contributed by atoms with van der Waals surface area (Å²) in [6.45, 7) is 4.25. The topological polar surface area (TPSA) is 69.0 Å². The number of amides is 1. The third kappa shape index (κ3) is 5.81. The molecule has 1 atom stereocenters. The number of benzene rings is 3. The molecule has 0 radical (unpaired) electrons. The molecule has 0 aliphatic heterocycles. The van der Waals surface area contributed by atoms with E-state index in [1.807, 2.05) is 103 Å². The van der Waals surface area contributed by atoms with Gasteiger partial charge >= 0.3 is 0 Å². The van der Waals surface area contributed by atoms with Gasteiger partial charge in [-0.05, 0) is 43.2 Å². The van der Waals surface area contributed by atoms with E-state index in [1.165, 1.54) is 11.8 Å². The molecule has 0 fully saturated rings. The third-order valence-corrected chi connectivity index (χ3v) is 6.10. The maximum Gasteiger partial charge on any atom is 0.230 e. The number of carbonyl (C=O) groups excluding carboxylic acids is 1. The molecule has 33 heavy (non-hydrogen) atoms. The second-order valence-corrected chi connectivity index (χ2v) is 8.55. The molecule has 4 aromatic rings. The average Bonchev–Trinajstić information content (AvgIpc) is 3.26. The molecule has 7 heteroatoms. The van der Waals surface area contributed by atoms with Crippen molar-refractivity contribution < 1.29 is 9.53 Å². The first-order valence-corrected chi connectivity index (χ1v) is 11.8. The molecule has 0 saturated carbocycles. The van der Waals surface area contributed by atoms with Crippen LogP contribution in [-0.2, 0) is 11.4 Å². The van der Waals surface area contributed by atoms with Crippen LogP contribution in [0.4, 0.5) is 0 Å². The Bertz CT molecular complexity index is 1200. The van der Waals surface area contributed by atoms with Crippen LogP contribution in [0.5, 0.6) is 5.75 Å². The van der Waals surface area contributed by atoms with Crippen LogP contribution in [0.1, 0.15) is 29.9 Å². The number of rotatable bonds is 9. The number of aromatic nitrogens is 3. The Balaban J connectivity index is 1.47. The Morgan fingerprint density at radius 1 is 0.970 bits per heavy atom. The van der Waals surface area contributed by atoms with E-state index in [0.29, 0.717) is 11.0 Å². The zero-order valence-corrected chi connectivity index (χ0v) is 19.5. The van der Waals surface area contributed by atoms with Crippen molar-refractivity contribution in [1.29, 1.82) is 0 Å². The van der Waals surface area contributed by atoms with Crippen LogP contribution in [0.2, 0.25) is 0 Å². The Hall–Kier alpha value is -3.58. The highest BCUT2D eigenvalue weighted by Crippen LogP contribution is 2.24. The fourth-order valence-corrected chi connectivity index (χ4v) is 4.20. The van der Waals surface area contributed by atoms with Crippen molar-refractivity contribution in [3.8, 4) is 11.4 Å². The highest BCUT2D eigenvalue weighted by atomic mass is 32.2. The summed E-state index contributed by atoms with van der Waals surface area (Å²) in [6.07, 6.45) is 0. The van der Waals surface area contributed by atoms with Crippen molar-refractivity contribution in [1.82, 2.24) is 20.1 Å². The van der Waals surface area contributed by atoms with Gasteiger partial charge in [0.05, 0.1) is 11.8 Å². The minimum Gasteiger partial charge on any atom is -0.485 e. The summed E-state index contributed by atoms with van der Waals surface area (Å²) in [6, 6.07) is 27.6. The normalized spacial score (nSPS) is 11.7. The number of para-hydroxylation sites is 2. The zero-order chi connectivity index (χ0) is 23.0. The van der Waals surface area contributed by atoms with E-state index in [-0.39, 0.29) is 24.3 Å². The lowest BCUT2D eigenvalue weighted by Gasteiger charge is -2.14. The van der Waals surface area contributed by atoms with Crippen LogP contribution in [0.3, 0.4) is 0 Å². The minimum atomic E-state index is -0.0654. The largest absolute Gasteiger partial charge is 0.485 e. The van der Waals surface area contributed by atoms with Crippen molar-refractivity contribution >= 4 is 17.7 Å². The zero-order valence-electron chi connectivity index (χ0n) is 18.6. The molecular formula is C26H26N4O2S. The molecule has 0 aliphatic rings. The standard InChI is InChI=1S/C26H26N4O2S/c1-19-11-9-10-16-23(19)32-17-24-28-29-26(30(24)22-14-7-4-8-15-22)33-18-25(31)27-20(2)21-12-5-3-6-13-21/h3-16,20H,17-18H2,1-2H3,(H,27,31). The van der Waals surface area contributed by atoms with Gasteiger partial charge < -0.3 is 10.1 Å². The smallest absolute Gasteiger partial charge is 0.230 e. The molecule has 1 aromatic heterocycles. The molecule has 6 nitrogen and oxygen atoms in total. The molecule has 0 spiro atoms. The summed E-state index contributed by atoms with van der Waals surface area (Å²) >= 11 is 1.35. The first kappa shape index (κ1) is 22.6. The number of ether oxygens (including phenoxy) is 1. The number of hydrogen-bond donors (Lipinski definition) is 1. The van der Waals surface area contributed by atoms with Gasteiger partial charge in [-0.3, -0.25) is 9.36 Å². The number of hydrogen-bond acceptors (Lipinski definition) is 5. The van der Waals surface area contributed by atoms with Crippen LogP contribution in [0, 0.1) is 6.92 Å². The van der Waals surface area contributed by atoms with Gasteiger partial charge in [-0.2, -0.15) is 0 Å². The van der Waals surface area contributed by atoms with Crippen LogP contribution >= 0.6 is 11.8 Å². The number of nitrogens with one attached hydrogen (secondary N) is 1. The molecule has 168 valence electrons. The Morgan fingerprint density at radius 3 is 2.36 bits per heavy atom. The van der Waals surface area contributed by atoms with Crippen LogP contribution in [0.25, 0.3) is 5.69 Å². The van der Waals surface area contributed by atoms with Gasteiger partial charge in [-0.25, -0.2) is 0 Å². The van der Waals surface area contributed by atoms with Crippen molar-refractivity contribution in [2.24, 2.45) is 0 Å². The van der Waals surface area contributed by atoms with Crippen LogP contribution < -0.4 is 10.1 Å². The first-order valence-electron chi connectivity index (χ1n) is 10.8. The van der Waals surface area contributed by atoms with Gasteiger partial charge in [-0.15, -0.1) is 10.2 Å². The number of carbonyl (C=O) groups is 1. The molecule has 0 bridgehead atoms. The molecule has 0 saturated heterocycles. The Morgan fingerprint density at radius 2 is 1.64 bits per heavy atom. The number of nitrogens with zero attached hydrogens (tertiary/aromatic N) is 3. The molecule has 1 amide bonds. The van der Waals surface area contributed by atoms with Crippen LogP contribution in [0.15, 0.2) is 90.1 Å². The summed E-state index contributed by atoms with van der Waals surface area (Å²) in [7, 11) is 0. The van der Waals surface area contributed by atoms with E-state index in [4.69, 9.17) is 4.74 Å². The minimum absolute atomic E-state index is 0.0586. The average molecular weight is 459 g/mol. The molecule has 3 aromatic carbocycles. The number of aryl methyl sites for hydroxylation is 1. The van der Waals surface area contributed by atoms with E-state index in [9.17, 15) is 4.79 Å². The highest BCUT2D eigenvalue weighted by molar-refractivity contribution is 7.99. The summed E-state index contributed by atoms with van der Waals surface area (Å²) < 4.78 is 7.95. The first-order chi connectivity index (χ1) is 16.1. The molecule has 4 rings (SSSR count). The fraction of sp³-hybridized carbons (Fsp3) is 0.192. The van der Waals surface area contributed by atoms with Crippen molar-refractivity contribution in [2.75, 3.05) is 5.75 Å². The lowest BCUT2D eigenvalue weighted by molar-refractivity contribution is -0.119. The van der Waals surface area contributed by atoms with Gasteiger partial charge in [0, 0.05) is 5.69 Å².